The van der Waals surface area contributed by atoms with Gasteiger partial charge < -0.3 is 0 Å². The highest BCUT2D eigenvalue weighted by atomic mass is 19.1. The fourth-order valence-corrected chi connectivity index (χ4v) is 2.66. The summed E-state index contributed by atoms with van der Waals surface area (Å²) < 4.78 is 14.6. The van der Waals surface area contributed by atoms with Gasteiger partial charge in [0.1, 0.15) is 5.82 Å². The van der Waals surface area contributed by atoms with Gasteiger partial charge in [0, 0.05) is 5.56 Å². The van der Waals surface area contributed by atoms with Crippen LogP contribution in [0.3, 0.4) is 0 Å². The molecule has 24 heavy (non-hydrogen) atoms. The van der Waals surface area contributed by atoms with Crippen molar-refractivity contribution in [3.05, 3.63) is 83.2 Å². The number of halogens is 1. The molecule has 0 spiro atoms. The van der Waals surface area contributed by atoms with E-state index >= 15 is 0 Å². The first-order chi connectivity index (χ1) is 11.6. The van der Waals surface area contributed by atoms with E-state index in [1.165, 1.54) is 6.07 Å². The van der Waals surface area contributed by atoms with Crippen LogP contribution in [0, 0.1) is 35.4 Å². The van der Waals surface area contributed by atoms with Crippen LogP contribution in [0.2, 0.25) is 0 Å². The fourth-order valence-electron chi connectivity index (χ4n) is 2.66. The van der Waals surface area contributed by atoms with Crippen molar-refractivity contribution in [2.24, 2.45) is 0 Å². The van der Waals surface area contributed by atoms with E-state index in [1.54, 1.807) is 36.4 Å². The fraction of sp³-hybridized carbons (Fsp3) is 0.0476. The Morgan fingerprint density at radius 1 is 0.708 bits per heavy atom. The van der Waals surface area contributed by atoms with Gasteiger partial charge in [0.05, 0.1) is 23.3 Å². The van der Waals surface area contributed by atoms with E-state index in [2.05, 4.69) is 12.1 Å². The Morgan fingerprint density at radius 2 is 1.17 bits per heavy atom. The molecule has 0 heterocycles. The van der Waals surface area contributed by atoms with Crippen LogP contribution in [-0.4, -0.2) is 0 Å². The minimum atomic E-state index is -0.315. The molecule has 0 saturated carbocycles. The third-order valence-electron chi connectivity index (χ3n) is 3.96. The minimum absolute atomic E-state index is 0.315. The maximum Gasteiger partial charge on any atom is 0.131 e. The number of hydrogen-bond acceptors (Lipinski definition) is 2. The molecule has 3 aromatic carbocycles. The lowest BCUT2D eigenvalue weighted by molar-refractivity contribution is 0.631. The summed E-state index contributed by atoms with van der Waals surface area (Å²) in [6.07, 6.45) is 0. The first kappa shape index (κ1) is 15.5. The van der Waals surface area contributed by atoms with E-state index in [-0.39, 0.29) is 5.82 Å². The molecular formula is C21H13FN2. The van der Waals surface area contributed by atoms with Gasteiger partial charge in [-0.3, -0.25) is 0 Å². The number of nitrogens with zero attached hydrogens (tertiary/aromatic N) is 2. The Morgan fingerprint density at radius 3 is 1.62 bits per heavy atom. The van der Waals surface area contributed by atoms with Crippen molar-refractivity contribution in [1.82, 2.24) is 0 Å². The molecule has 0 N–H and O–H groups in total. The van der Waals surface area contributed by atoms with Gasteiger partial charge in [-0.15, -0.1) is 0 Å². The zero-order valence-electron chi connectivity index (χ0n) is 13.0. The van der Waals surface area contributed by atoms with Crippen molar-refractivity contribution < 1.29 is 4.39 Å². The Hall–Kier alpha value is -3.43. The third-order valence-corrected chi connectivity index (χ3v) is 3.96. The van der Waals surface area contributed by atoms with Gasteiger partial charge in [0.15, 0.2) is 0 Å². The predicted octanol–water partition coefficient (Wildman–Crippen LogP) is 5.21. The summed E-state index contributed by atoms with van der Waals surface area (Å²) >= 11 is 0. The quantitative estimate of drug-likeness (QED) is 0.652. The van der Waals surface area contributed by atoms with Gasteiger partial charge >= 0.3 is 0 Å². The summed E-state index contributed by atoms with van der Waals surface area (Å²) in [7, 11) is 0. The molecule has 0 amide bonds. The number of rotatable bonds is 2. The normalized spacial score (nSPS) is 10.0. The van der Waals surface area contributed by atoms with Crippen LogP contribution in [0.5, 0.6) is 0 Å². The van der Waals surface area contributed by atoms with Crippen molar-refractivity contribution in [3.8, 4) is 34.4 Å². The van der Waals surface area contributed by atoms with E-state index in [0.717, 1.165) is 22.3 Å². The van der Waals surface area contributed by atoms with Gasteiger partial charge in [-0.25, -0.2) is 4.39 Å². The van der Waals surface area contributed by atoms with Gasteiger partial charge in [0.2, 0.25) is 0 Å². The van der Waals surface area contributed by atoms with E-state index in [1.807, 2.05) is 25.1 Å². The van der Waals surface area contributed by atoms with Crippen molar-refractivity contribution in [2.75, 3.05) is 0 Å². The van der Waals surface area contributed by atoms with Crippen molar-refractivity contribution in [2.45, 2.75) is 6.92 Å². The first-order valence-corrected chi connectivity index (χ1v) is 7.43. The van der Waals surface area contributed by atoms with E-state index < -0.39 is 0 Å². The van der Waals surface area contributed by atoms with Crippen LogP contribution in [0.1, 0.15) is 16.7 Å². The molecule has 0 saturated heterocycles. The zero-order valence-corrected chi connectivity index (χ0v) is 13.0. The maximum atomic E-state index is 14.6. The molecule has 0 fully saturated rings. The zero-order chi connectivity index (χ0) is 17.1. The molecule has 114 valence electrons. The number of nitriles is 2. The second kappa shape index (κ2) is 6.36. The summed E-state index contributed by atoms with van der Waals surface area (Å²) in [6, 6.07) is 21.4. The second-order valence-electron chi connectivity index (χ2n) is 5.53. The summed E-state index contributed by atoms with van der Waals surface area (Å²) in [5.41, 5.74) is 4.98. The van der Waals surface area contributed by atoms with Crippen LogP contribution < -0.4 is 0 Å². The molecule has 0 aliphatic rings. The SMILES string of the molecule is Cc1cc(-c2ccc(C#N)cc2)c(F)cc1-c1ccc(C#N)cc1. The molecule has 3 aromatic rings. The first-order valence-electron chi connectivity index (χ1n) is 7.43. The van der Waals surface area contributed by atoms with Crippen molar-refractivity contribution >= 4 is 0 Å². The molecular weight excluding hydrogens is 299 g/mol. The number of aryl methyl sites for hydroxylation is 1. The van der Waals surface area contributed by atoms with Crippen molar-refractivity contribution in [3.63, 3.8) is 0 Å². The lowest BCUT2D eigenvalue weighted by Crippen LogP contribution is -1.91. The molecule has 0 aromatic heterocycles. The lowest BCUT2D eigenvalue weighted by Gasteiger charge is -2.11. The minimum Gasteiger partial charge on any atom is -0.206 e. The largest absolute Gasteiger partial charge is 0.206 e. The maximum absolute atomic E-state index is 14.6. The third kappa shape index (κ3) is 2.89. The Balaban J connectivity index is 2.04. The van der Waals surface area contributed by atoms with E-state index in [0.29, 0.717) is 16.7 Å². The monoisotopic (exact) mass is 312 g/mol. The van der Waals surface area contributed by atoms with Crippen LogP contribution >= 0.6 is 0 Å². The Labute approximate surface area is 140 Å². The highest BCUT2D eigenvalue weighted by molar-refractivity contribution is 5.74. The molecule has 0 aliphatic heterocycles. The summed E-state index contributed by atoms with van der Waals surface area (Å²) in [5.74, 6) is -0.315. The van der Waals surface area contributed by atoms with Crippen molar-refractivity contribution in [1.29, 1.82) is 10.5 Å². The van der Waals surface area contributed by atoms with Crippen LogP contribution in [0.25, 0.3) is 22.3 Å². The molecule has 3 heteroatoms. The molecule has 0 atom stereocenters. The van der Waals surface area contributed by atoms with Crippen LogP contribution in [0.15, 0.2) is 60.7 Å². The highest BCUT2D eigenvalue weighted by Crippen LogP contribution is 2.31. The Bertz CT molecular complexity index is 889. The summed E-state index contributed by atoms with van der Waals surface area (Å²) in [4.78, 5) is 0. The topological polar surface area (TPSA) is 47.6 Å². The molecule has 3 rings (SSSR count). The average Bonchev–Trinajstić information content (AvgIpc) is 2.63. The molecule has 2 nitrogen and oxygen atoms in total. The number of benzene rings is 3. The lowest BCUT2D eigenvalue weighted by atomic mass is 9.94. The smallest absolute Gasteiger partial charge is 0.131 e. The summed E-state index contributed by atoms with van der Waals surface area (Å²) in [6.45, 7) is 1.93. The number of hydrogen-bond donors (Lipinski definition) is 0. The van der Waals surface area contributed by atoms with Crippen LogP contribution in [0.4, 0.5) is 4.39 Å². The predicted molar refractivity (Wildman–Crippen MR) is 91.4 cm³/mol. The molecule has 0 bridgehead atoms. The van der Waals surface area contributed by atoms with Gasteiger partial charge in [-0.05, 0) is 65.6 Å². The van der Waals surface area contributed by atoms with Gasteiger partial charge in [0.25, 0.3) is 0 Å². The summed E-state index contributed by atoms with van der Waals surface area (Å²) in [5, 5.41) is 17.7. The van der Waals surface area contributed by atoms with E-state index in [9.17, 15) is 4.39 Å². The molecule has 0 unspecified atom stereocenters. The Kier molecular flexibility index (Phi) is 4.10. The average molecular weight is 312 g/mol. The molecule has 0 radical (unpaired) electrons. The van der Waals surface area contributed by atoms with E-state index in [4.69, 9.17) is 10.5 Å². The van der Waals surface area contributed by atoms with Gasteiger partial charge in [-0.2, -0.15) is 10.5 Å². The second-order valence-corrected chi connectivity index (χ2v) is 5.53. The van der Waals surface area contributed by atoms with Gasteiger partial charge in [-0.1, -0.05) is 24.3 Å². The highest BCUT2D eigenvalue weighted by Gasteiger charge is 2.11. The molecule has 0 aliphatic carbocycles. The van der Waals surface area contributed by atoms with Crippen LogP contribution in [-0.2, 0) is 0 Å². The standard InChI is InChI=1S/C21H13FN2/c1-14-10-20(18-8-4-16(13-24)5-9-18)21(22)11-19(14)17-6-2-15(12-23)3-7-17/h2-11H,1H3.